The van der Waals surface area contributed by atoms with Gasteiger partial charge in [-0.3, -0.25) is 4.99 Å². The molecule has 0 bridgehead atoms. The third kappa shape index (κ3) is 7.89. The maximum absolute atomic E-state index is 4.44. The number of rotatable bonds is 5. The quantitative estimate of drug-likeness (QED) is 0.381. The second kappa shape index (κ2) is 11.6. The third-order valence-electron chi connectivity index (χ3n) is 5.29. The molecule has 2 N–H and O–H groups in total. The Kier molecular flexibility index (Phi) is 10.6. The molecule has 3 atom stereocenters. The second-order valence-electron chi connectivity index (χ2n) is 8.23. The summed E-state index contributed by atoms with van der Waals surface area (Å²) in [7, 11) is 1.90. The van der Waals surface area contributed by atoms with Crippen LogP contribution < -0.4 is 10.6 Å². The molecular formula is C19H39IN4. The van der Waals surface area contributed by atoms with Gasteiger partial charge in [-0.05, 0) is 50.0 Å². The normalized spacial score (nSPS) is 29.2. The van der Waals surface area contributed by atoms with Crippen molar-refractivity contribution in [3.05, 3.63) is 0 Å². The van der Waals surface area contributed by atoms with Gasteiger partial charge >= 0.3 is 0 Å². The van der Waals surface area contributed by atoms with Crippen LogP contribution in [0.4, 0.5) is 0 Å². The lowest BCUT2D eigenvalue weighted by atomic mass is 9.87. The smallest absolute Gasteiger partial charge is 0.191 e. The monoisotopic (exact) mass is 450 g/mol. The second-order valence-corrected chi connectivity index (χ2v) is 8.23. The largest absolute Gasteiger partial charge is 0.356 e. The molecule has 2 aliphatic rings. The summed E-state index contributed by atoms with van der Waals surface area (Å²) in [6.07, 6.45) is 7.99. The summed E-state index contributed by atoms with van der Waals surface area (Å²) in [4.78, 5) is 7.08. The SMILES string of the molecule is CN=C(NCC1CCCN(CC(C)C)C1)NC1CCCC(C)C1.I. The van der Waals surface area contributed by atoms with E-state index < -0.39 is 0 Å². The molecule has 0 aromatic carbocycles. The summed E-state index contributed by atoms with van der Waals surface area (Å²) in [6.45, 7) is 11.8. The number of halogens is 1. The molecule has 1 aliphatic carbocycles. The van der Waals surface area contributed by atoms with Crippen LogP contribution in [-0.4, -0.2) is 50.1 Å². The standard InChI is InChI=1S/C19H38N4.HI/c1-15(2)13-23-10-6-8-17(14-23)12-21-19(20-4)22-18-9-5-7-16(3)11-18;/h15-18H,5-14H2,1-4H3,(H2,20,21,22);1H. The number of nitrogens with one attached hydrogen (secondary N) is 2. The lowest BCUT2D eigenvalue weighted by Gasteiger charge is -2.34. The fourth-order valence-electron chi connectivity index (χ4n) is 4.19. The molecule has 24 heavy (non-hydrogen) atoms. The molecule has 2 rings (SSSR count). The van der Waals surface area contributed by atoms with Crippen molar-refractivity contribution in [1.82, 2.24) is 15.5 Å². The maximum atomic E-state index is 4.44. The predicted octanol–water partition coefficient (Wildman–Crippen LogP) is 3.72. The van der Waals surface area contributed by atoms with Gasteiger partial charge in [0.05, 0.1) is 0 Å². The Morgan fingerprint density at radius 1 is 1.21 bits per heavy atom. The minimum Gasteiger partial charge on any atom is -0.356 e. The highest BCUT2D eigenvalue weighted by molar-refractivity contribution is 14.0. The topological polar surface area (TPSA) is 39.7 Å². The molecule has 0 aromatic heterocycles. The molecule has 0 amide bonds. The molecule has 0 spiro atoms. The van der Waals surface area contributed by atoms with E-state index in [1.807, 2.05) is 7.05 Å². The maximum Gasteiger partial charge on any atom is 0.191 e. The molecule has 1 saturated heterocycles. The van der Waals surface area contributed by atoms with Crippen LogP contribution in [0.2, 0.25) is 0 Å². The third-order valence-corrected chi connectivity index (χ3v) is 5.29. The van der Waals surface area contributed by atoms with Crippen LogP contribution in [0, 0.1) is 17.8 Å². The van der Waals surface area contributed by atoms with Gasteiger partial charge in [0.15, 0.2) is 5.96 Å². The molecule has 1 saturated carbocycles. The van der Waals surface area contributed by atoms with Gasteiger partial charge < -0.3 is 15.5 Å². The number of guanidine groups is 1. The van der Waals surface area contributed by atoms with Gasteiger partial charge in [-0.2, -0.15) is 0 Å². The van der Waals surface area contributed by atoms with E-state index in [4.69, 9.17) is 0 Å². The minimum atomic E-state index is 0. The van der Waals surface area contributed by atoms with Crippen LogP contribution in [0.1, 0.15) is 59.3 Å². The van der Waals surface area contributed by atoms with Crippen molar-refractivity contribution in [2.45, 2.75) is 65.3 Å². The number of hydrogen-bond acceptors (Lipinski definition) is 2. The van der Waals surface area contributed by atoms with Gasteiger partial charge in [0, 0.05) is 32.7 Å². The zero-order chi connectivity index (χ0) is 16.7. The van der Waals surface area contributed by atoms with Gasteiger partial charge in [0.2, 0.25) is 0 Å². The van der Waals surface area contributed by atoms with Crippen molar-refractivity contribution >= 4 is 29.9 Å². The first-order chi connectivity index (χ1) is 11.1. The molecule has 0 aromatic rings. The molecule has 5 heteroatoms. The number of piperidine rings is 1. The van der Waals surface area contributed by atoms with Gasteiger partial charge in [-0.1, -0.05) is 33.6 Å². The minimum absolute atomic E-state index is 0. The van der Waals surface area contributed by atoms with Crippen molar-refractivity contribution in [1.29, 1.82) is 0 Å². The highest BCUT2D eigenvalue weighted by Crippen LogP contribution is 2.23. The van der Waals surface area contributed by atoms with Crippen molar-refractivity contribution in [2.24, 2.45) is 22.7 Å². The van der Waals surface area contributed by atoms with Crippen molar-refractivity contribution < 1.29 is 0 Å². The van der Waals surface area contributed by atoms with Crippen molar-refractivity contribution in [3.8, 4) is 0 Å². The summed E-state index contributed by atoms with van der Waals surface area (Å²) in [6, 6.07) is 0.605. The molecule has 2 fully saturated rings. The van der Waals surface area contributed by atoms with Crippen molar-refractivity contribution in [2.75, 3.05) is 33.2 Å². The van der Waals surface area contributed by atoms with Crippen LogP contribution in [0.3, 0.4) is 0 Å². The van der Waals surface area contributed by atoms with Crippen LogP contribution in [0.25, 0.3) is 0 Å². The van der Waals surface area contributed by atoms with Crippen LogP contribution in [0.5, 0.6) is 0 Å². The van der Waals surface area contributed by atoms with E-state index >= 15 is 0 Å². The van der Waals surface area contributed by atoms with Gasteiger partial charge in [-0.15, -0.1) is 24.0 Å². The first-order valence-corrected chi connectivity index (χ1v) is 9.76. The Morgan fingerprint density at radius 3 is 2.67 bits per heavy atom. The summed E-state index contributed by atoms with van der Waals surface area (Å²) >= 11 is 0. The van der Waals surface area contributed by atoms with E-state index in [-0.39, 0.29) is 24.0 Å². The Balaban J connectivity index is 0.00000288. The van der Waals surface area contributed by atoms with E-state index in [9.17, 15) is 0 Å². The number of hydrogen-bond donors (Lipinski definition) is 2. The highest BCUT2D eigenvalue weighted by Gasteiger charge is 2.22. The summed E-state index contributed by atoms with van der Waals surface area (Å²) in [5.41, 5.74) is 0. The molecule has 3 unspecified atom stereocenters. The van der Waals surface area contributed by atoms with Gasteiger partial charge in [0.25, 0.3) is 0 Å². The summed E-state index contributed by atoms with van der Waals surface area (Å²) in [5, 5.41) is 7.23. The average Bonchev–Trinajstić information content (AvgIpc) is 2.51. The highest BCUT2D eigenvalue weighted by atomic mass is 127. The molecular weight excluding hydrogens is 411 g/mol. The van der Waals surface area contributed by atoms with Crippen LogP contribution in [0.15, 0.2) is 4.99 Å². The zero-order valence-electron chi connectivity index (χ0n) is 16.2. The first kappa shape index (κ1) is 22.0. The zero-order valence-corrected chi connectivity index (χ0v) is 18.5. The molecule has 142 valence electrons. The summed E-state index contributed by atoms with van der Waals surface area (Å²) < 4.78 is 0. The molecule has 4 nitrogen and oxygen atoms in total. The van der Waals surface area contributed by atoms with E-state index in [1.54, 1.807) is 0 Å². The predicted molar refractivity (Wildman–Crippen MR) is 115 cm³/mol. The Labute approximate surface area is 166 Å². The lowest BCUT2D eigenvalue weighted by Crippen LogP contribution is -2.48. The van der Waals surface area contributed by atoms with Crippen LogP contribution in [-0.2, 0) is 0 Å². The summed E-state index contributed by atoms with van der Waals surface area (Å²) in [5.74, 6) is 3.38. The first-order valence-electron chi connectivity index (χ1n) is 9.76. The Morgan fingerprint density at radius 2 is 2.00 bits per heavy atom. The molecule has 1 aliphatic heterocycles. The average molecular weight is 450 g/mol. The van der Waals surface area contributed by atoms with E-state index in [1.165, 1.54) is 58.2 Å². The molecule has 0 radical (unpaired) electrons. The molecule has 1 heterocycles. The van der Waals surface area contributed by atoms with E-state index in [2.05, 4.69) is 41.3 Å². The lowest BCUT2D eigenvalue weighted by molar-refractivity contribution is 0.159. The Hall–Kier alpha value is -0.0400. The Bertz CT molecular complexity index is 372. The van der Waals surface area contributed by atoms with E-state index in [0.717, 1.165) is 30.3 Å². The van der Waals surface area contributed by atoms with Gasteiger partial charge in [-0.25, -0.2) is 0 Å². The fraction of sp³-hybridized carbons (Fsp3) is 0.947. The van der Waals surface area contributed by atoms with E-state index in [0.29, 0.717) is 6.04 Å². The van der Waals surface area contributed by atoms with Crippen molar-refractivity contribution in [3.63, 3.8) is 0 Å². The number of aliphatic imine (C=N–C) groups is 1. The number of likely N-dealkylation sites (tertiary alicyclic amines) is 1. The fourth-order valence-corrected chi connectivity index (χ4v) is 4.19. The van der Waals surface area contributed by atoms with Crippen LogP contribution >= 0.6 is 24.0 Å². The number of nitrogens with zero attached hydrogens (tertiary/aromatic N) is 2. The van der Waals surface area contributed by atoms with Gasteiger partial charge in [0.1, 0.15) is 0 Å².